The standard InChI is InChI=1S/C8H15N3/c9-6-3-1-2-4-8-5-7-10-11-8/h5,7H,1-4,6,9H2,(H,10,11). The molecule has 11 heavy (non-hydrogen) atoms. The second-order valence-electron chi connectivity index (χ2n) is 2.66. The maximum Gasteiger partial charge on any atom is 0.0622 e. The minimum absolute atomic E-state index is 0.806. The first-order chi connectivity index (χ1) is 5.43. The van der Waals surface area contributed by atoms with Crippen molar-refractivity contribution < 1.29 is 0 Å². The summed E-state index contributed by atoms with van der Waals surface area (Å²) in [6, 6.07) is 2.02. The molecule has 1 rings (SSSR count). The lowest BCUT2D eigenvalue weighted by Gasteiger charge is -1.95. The van der Waals surface area contributed by atoms with E-state index in [0.717, 1.165) is 25.1 Å². The molecule has 3 N–H and O–H groups in total. The van der Waals surface area contributed by atoms with Gasteiger partial charge in [0.2, 0.25) is 0 Å². The molecular weight excluding hydrogens is 138 g/mol. The van der Waals surface area contributed by atoms with Crippen LogP contribution in [0.1, 0.15) is 25.0 Å². The third-order valence-corrected chi connectivity index (χ3v) is 1.70. The molecule has 0 amide bonds. The summed E-state index contributed by atoms with van der Waals surface area (Å²) < 4.78 is 0. The van der Waals surface area contributed by atoms with Gasteiger partial charge in [0.25, 0.3) is 0 Å². The molecule has 1 aromatic rings. The van der Waals surface area contributed by atoms with Crippen LogP contribution in [0.2, 0.25) is 0 Å². The molecule has 1 heterocycles. The van der Waals surface area contributed by atoms with Crippen LogP contribution in [0.5, 0.6) is 0 Å². The Bertz CT molecular complexity index is 169. The first-order valence-electron chi connectivity index (χ1n) is 4.12. The zero-order valence-electron chi connectivity index (χ0n) is 6.71. The second-order valence-corrected chi connectivity index (χ2v) is 2.66. The number of hydrogen-bond donors (Lipinski definition) is 2. The number of unbranched alkanes of at least 4 members (excludes halogenated alkanes) is 2. The van der Waals surface area contributed by atoms with Crippen molar-refractivity contribution in [2.75, 3.05) is 6.54 Å². The van der Waals surface area contributed by atoms with Gasteiger partial charge in [-0.05, 0) is 31.9 Å². The molecule has 0 aliphatic heterocycles. The SMILES string of the molecule is NCCCCCc1cc[nH]n1. The molecule has 0 saturated heterocycles. The van der Waals surface area contributed by atoms with Crippen LogP contribution in [0.4, 0.5) is 0 Å². The Kier molecular flexibility index (Phi) is 3.69. The highest BCUT2D eigenvalue weighted by atomic mass is 15.1. The van der Waals surface area contributed by atoms with Crippen LogP contribution in [0.3, 0.4) is 0 Å². The van der Waals surface area contributed by atoms with Crippen LogP contribution in [-0.4, -0.2) is 16.7 Å². The van der Waals surface area contributed by atoms with Gasteiger partial charge in [-0.2, -0.15) is 5.10 Å². The van der Waals surface area contributed by atoms with E-state index in [4.69, 9.17) is 5.73 Å². The van der Waals surface area contributed by atoms with Gasteiger partial charge in [-0.15, -0.1) is 0 Å². The van der Waals surface area contributed by atoms with Gasteiger partial charge in [0.1, 0.15) is 0 Å². The molecule has 0 fully saturated rings. The Hall–Kier alpha value is -0.830. The first-order valence-corrected chi connectivity index (χ1v) is 4.12. The van der Waals surface area contributed by atoms with Crippen molar-refractivity contribution in [3.63, 3.8) is 0 Å². The van der Waals surface area contributed by atoms with Crippen molar-refractivity contribution >= 4 is 0 Å². The largest absolute Gasteiger partial charge is 0.330 e. The zero-order chi connectivity index (χ0) is 7.94. The van der Waals surface area contributed by atoms with Gasteiger partial charge in [-0.25, -0.2) is 0 Å². The number of nitrogens with one attached hydrogen (secondary N) is 1. The minimum atomic E-state index is 0.806. The van der Waals surface area contributed by atoms with Gasteiger partial charge in [-0.1, -0.05) is 6.42 Å². The van der Waals surface area contributed by atoms with Gasteiger partial charge in [-0.3, -0.25) is 5.10 Å². The molecule has 1 aromatic heterocycles. The van der Waals surface area contributed by atoms with Crippen LogP contribution in [0.15, 0.2) is 12.3 Å². The number of rotatable bonds is 5. The lowest BCUT2D eigenvalue weighted by Crippen LogP contribution is -1.98. The number of H-pyrrole nitrogens is 1. The van der Waals surface area contributed by atoms with Crippen molar-refractivity contribution in [1.82, 2.24) is 10.2 Å². The van der Waals surface area contributed by atoms with E-state index in [-0.39, 0.29) is 0 Å². The van der Waals surface area contributed by atoms with Gasteiger partial charge in [0, 0.05) is 6.20 Å². The molecule has 0 unspecified atom stereocenters. The van der Waals surface area contributed by atoms with Crippen molar-refractivity contribution in [2.45, 2.75) is 25.7 Å². The fourth-order valence-corrected chi connectivity index (χ4v) is 1.06. The fourth-order valence-electron chi connectivity index (χ4n) is 1.06. The van der Waals surface area contributed by atoms with E-state index in [1.807, 2.05) is 12.3 Å². The van der Waals surface area contributed by atoms with Crippen LogP contribution >= 0.6 is 0 Å². The van der Waals surface area contributed by atoms with Crippen molar-refractivity contribution in [2.24, 2.45) is 5.73 Å². The molecule has 0 spiro atoms. The molecule has 0 radical (unpaired) electrons. The first kappa shape index (κ1) is 8.27. The zero-order valence-corrected chi connectivity index (χ0v) is 6.71. The highest BCUT2D eigenvalue weighted by Crippen LogP contribution is 2.01. The summed E-state index contributed by atoms with van der Waals surface area (Å²) in [7, 11) is 0. The summed E-state index contributed by atoms with van der Waals surface area (Å²) in [6.07, 6.45) is 6.47. The predicted molar refractivity (Wildman–Crippen MR) is 45.2 cm³/mol. The van der Waals surface area contributed by atoms with Crippen LogP contribution in [0, 0.1) is 0 Å². The number of aromatic amines is 1. The third kappa shape index (κ3) is 3.18. The van der Waals surface area contributed by atoms with Crippen LogP contribution in [0.25, 0.3) is 0 Å². The smallest absolute Gasteiger partial charge is 0.0622 e. The Labute approximate surface area is 67.0 Å². The van der Waals surface area contributed by atoms with E-state index >= 15 is 0 Å². The summed E-state index contributed by atoms with van der Waals surface area (Å²) in [5.74, 6) is 0. The van der Waals surface area contributed by atoms with Crippen LogP contribution in [-0.2, 0) is 6.42 Å². The Morgan fingerprint density at radius 1 is 1.36 bits per heavy atom. The highest BCUT2D eigenvalue weighted by Gasteiger charge is 1.93. The number of hydrogen-bond acceptors (Lipinski definition) is 2. The van der Waals surface area contributed by atoms with Gasteiger partial charge >= 0.3 is 0 Å². The summed E-state index contributed by atoms with van der Waals surface area (Å²) in [4.78, 5) is 0. The predicted octanol–water partition coefficient (Wildman–Crippen LogP) is 1.08. The molecule has 0 aromatic carbocycles. The van der Waals surface area contributed by atoms with Gasteiger partial charge in [0.15, 0.2) is 0 Å². The number of aryl methyl sites for hydroxylation is 1. The monoisotopic (exact) mass is 153 g/mol. The number of nitrogens with two attached hydrogens (primary N) is 1. The summed E-state index contributed by atoms with van der Waals surface area (Å²) in [5, 5.41) is 6.85. The van der Waals surface area contributed by atoms with E-state index in [2.05, 4.69) is 10.2 Å². The normalized spacial score (nSPS) is 10.3. The molecule has 0 aliphatic rings. The van der Waals surface area contributed by atoms with E-state index in [1.165, 1.54) is 12.8 Å². The summed E-state index contributed by atoms with van der Waals surface area (Å²) in [6.45, 7) is 0.806. The summed E-state index contributed by atoms with van der Waals surface area (Å²) >= 11 is 0. The quantitative estimate of drug-likeness (QED) is 0.622. The summed E-state index contributed by atoms with van der Waals surface area (Å²) in [5.41, 5.74) is 6.52. The third-order valence-electron chi connectivity index (χ3n) is 1.70. The molecule has 3 heteroatoms. The molecule has 0 atom stereocenters. The lowest BCUT2D eigenvalue weighted by molar-refractivity contribution is 0.678. The molecule has 0 bridgehead atoms. The number of nitrogens with zero attached hydrogens (tertiary/aromatic N) is 1. The fraction of sp³-hybridized carbons (Fsp3) is 0.625. The lowest BCUT2D eigenvalue weighted by atomic mass is 10.1. The second kappa shape index (κ2) is 4.91. The maximum atomic E-state index is 5.37. The van der Waals surface area contributed by atoms with E-state index < -0.39 is 0 Å². The van der Waals surface area contributed by atoms with Crippen molar-refractivity contribution in [3.05, 3.63) is 18.0 Å². The molecule has 62 valence electrons. The van der Waals surface area contributed by atoms with Crippen molar-refractivity contribution in [3.8, 4) is 0 Å². The van der Waals surface area contributed by atoms with Crippen molar-refractivity contribution in [1.29, 1.82) is 0 Å². The molecular formula is C8H15N3. The number of aromatic nitrogens is 2. The molecule has 3 nitrogen and oxygen atoms in total. The molecule has 0 aliphatic carbocycles. The van der Waals surface area contributed by atoms with E-state index in [1.54, 1.807) is 0 Å². The maximum absolute atomic E-state index is 5.37. The minimum Gasteiger partial charge on any atom is -0.330 e. The van der Waals surface area contributed by atoms with Crippen LogP contribution < -0.4 is 5.73 Å². The Balaban J connectivity index is 2.04. The Morgan fingerprint density at radius 2 is 2.27 bits per heavy atom. The van der Waals surface area contributed by atoms with Gasteiger partial charge in [0.05, 0.1) is 5.69 Å². The highest BCUT2D eigenvalue weighted by molar-refractivity contribution is 4.96. The average molecular weight is 153 g/mol. The average Bonchev–Trinajstić information content (AvgIpc) is 2.50. The van der Waals surface area contributed by atoms with E-state index in [9.17, 15) is 0 Å². The topological polar surface area (TPSA) is 54.7 Å². The van der Waals surface area contributed by atoms with E-state index in [0.29, 0.717) is 0 Å². The van der Waals surface area contributed by atoms with Gasteiger partial charge < -0.3 is 5.73 Å². The Morgan fingerprint density at radius 3 is 2.91 bits per heavy atom. The molecule has 0 saturated carbocycles.